The molecule has 1 N–H and O–H groups in total. The Kier molecular flexibility index (Phi) is 3.70. The molecule has 1 fully saturated rings. The zero-order chi connectivity index (χ0) is 13.3. The van der Waals surface area contributed by atoms with Crippen LogP contribution in [-0.4, -0.2) is 38.4 Å². The Hall–Kier alpha value is -0.980. The fourth-order valence-electron chi connectivity index (χ4n) is 2.06. The highest BCUT2D eigenvalue weighted by molar-refractivity contribution is 7.89. The summed E-state index contributed by atoms with van der Waals surface area (Å²) in [5.41, 5.74) is 0.734. The summed E-state index contributed by atoms with van der Waals surface area (Å²) in [6.07, 6.45) is 0. The van der Waals surface area contributed by atoms with Gasteiger partial charge in [-0.3, -0.25) is 0 Å². The summed E-state index contributed by atoms with van der Waals surface area (Å²) >= 11 is 0. The van der Waals surface area contributed by atoms with Gasteiger partial charge in [0, 0.05) is 25.7 Å². The van der Waals surface area contributed by atoms with Crippen LogP contribution in [0.1, 0.15) is 12.5 Å². The number of piperazine rings is 1. The molecule has 1 aromatic carbocycles. The molecule has 1 saturated heterocycles. The van der Waals surface area contributed by atoms with Gasteiger partial charge in [-0.15, -0.1) is 0 Å². The molecule has 0 radical (unpaired) electrons. The molecule has 1 aliphatic heterocycles. The zero-order valence-corrected chi connectivity index (χ0v) is 11.3. The summed E-state index contributed by atoms with van der Waals surface area (Å²) in [7, 11) is -3.73. The Bertz CT molecular complexity index is 545. The van der Waals surface area contributed by atoms with Gasteiger partial charge >= 0.3 is 0 Å². The number of hydrogen-bond donors (Lipinski definition) is 1. The van der Waals surface area contributed by atoms with E-state index in [1.54, 1.807) is 13.0 Å². The Labute approximate surface area is 107 Å². The number of nitrogens with one attached hydrogen (secondary N) is 1. The number of rotatable bonds is 2. The summed E-state index contributed by atoms with van der Waals surface area (Å²) in [5.74, 6) is -0.688. The number of benzene rings is 1. The quantitative estimate of drug-likeness (QED) is 0.877. The first-order valence-electron chi connectivity index (χ1n) is 5.91. The first kappa shape index (κ1) is 13.5. The lowest BCUT2D eigenvalue weighted by atomic mass is 10.2. The molecule has 0 unspecified atom stereocenters. The van der Waals surface area contributed by atoms with E-state index in [1.807, 2.05) is 6.92 Å². The van der Waals surface area contributed by atoms with E-state index >= 15 is 0 Å². The van der Waals surface area contributed by atoms with Crippen molar-refractivity contribution in [2.45, 2.75) is 24.8 Å². The molecule has 0 saturated carbocycles. The SMILES string of the molecule is Cc1ccc(F)c(S(=O)(=O)N2CCN[C@H](C)C2)c1. The van der Waals surface area contributed by atoms with E-state index < -0.39 is 15.8 Å². The van der Waals surface area contributed by atoms with Gasteiger partial charge in [0.1, 0.15) is 10.7 Å². The van der Waals surface area contributed by atoms with Gasteiger partial charge in [-0.05, 0) is 31.5 Å². The van der Waals surface area contributed by atoms with Crippen molar-refractivity contribution in [1.82, 2.24) is 9.62 Å². The van der Waals surface area contributed by atoms with Gasteiger partial charge in [0.25, 0.3) is 0 Å². The van der Waals surface area contributed by atoms with Gasteiger partial charge in [-0.2, -0.15) is 4.31 Å². The van der Waals surface area contributed by atoms with E-state index in [4.69, 9.17) is 0 Å². The van der Waals surface area contributed by atoms with Gasteiger partial charge in [-0.1, -0.05) is 6.07 Å². The Morgan fingerprint density at radius 1 is 1.44 bits per heavy atom. The number of hydrogen-bond acceptors (Lipinski definition) is 3. The monoisotopic (exact) mass is 272 g/mol. The van der Waals surface area contributed by atoms with Gasteiger partial charge in [0.05, 0.1) is 0 Å². The topological polar surface area (TPSA) is 49.4 Å². The van der Waals surface area contributed by atoms with E-state index in [0.717, 1.165) is 5.56 Å². The predicted molar refractivity (Wildman–Crippen MR) is 67.4 cm³/mol. The molecular formula is C12H17FN2O2S. The molecule has 1 aliphatic rings. The van der Waals surface area contributed by atoms with Crippen molar-refractivity contribution in [3.05, 3.63) is 29.6 Å². The van der Waals surface area contributed by atoms with E-state index in [1.165, 1.54) is 16.4 Å². The van der Waals surface area contributed by atoms with E-state index in [-0.39, 0.29) is 10.9 Å². The van der Waals surface area contributed by atoms with Crippen molar-refractivity contribution in [1.29, 1.82) is 0 Å². The van der Waals surface area contributed by atoms with Crippen molar-refractivity contribution in [2.75, 3.05) is 19.6 Å². The molecule has 1 aromatic rings. The number of aryl methyl sites for hydroxylation is 1. The number of nitrogens with zero attached hydrogens (tertiary/aromatic N) is 1. The fourth-order valence-corrected chi connectivity index (χ4v) is 3.74. The Balaban J connectivity index is 2.38. The van der Waals surface area contributed by atoms with Gasteiger partial charge in [-0.25, -0.2) is 12.8 Å². The van der Waals surface area contributed by atoms with E-state index in [0.29, 0.717) is 19.6 Å². The summed E-state index contributed by atoms with van der Waals surface area (Å²) in [5, 5.41) is 3.16. The molecular weight excluding hydrogens is 255 g/mol. The molecule has 1 atom stereocenters. The van der Waals surface area contributed by atoms with Crippen LogP contribution in [0.2, 0.25) is 0 Å². The molecule has 0 aromatic heterocycles. The second-order valence-electron chi connectivity index (χ2n) is 4.65. The molecule has 0 amide bonds. The maximum atomic E-state index is 13.7. The fraction of sp³-hybridized carbons (Fsp3) is 0.500. The highest BCUT2D eigenvalue weighted by Gasteiger charge is 2.30. The molecule has 0 spiro atoms. The van der Waals surface area contributed by atoms with Crippen molar-refractivity contribution < 1.29 is 12.8 Å². The Morgan fingerprint density at radius 3 is 2.83 bits per heavy atom. The third kappa shape index (κ3) is 2.55. The lowest BCUT2D eigenvalue weighted by Crippen LogP contribution is -2.51. The smallest absolute Gasteiger partial charge is 0.246 e. The molecule has 18 heavy (non-hydrogen) atoms. The zero-order valence-electron chi connectivity index (χ0n) is 10.5. The van der Waals surface area contributed by atoms with Gasteiger partial charge in [0.15, 0.2) is 0 Å². The van der Waals surface area contributed by atoms with Crippen molar-refractivity contribution in [3.63, 3.8) is 0 Å². The molecule has 1 heterocycles. The predicted octanol–water partition coefficient (Wildman–Crippen LogP) is 1.12. The van der Waals surface area contributed by atoms with Crippen LogP contribution < -0.4 is 5.32 Å². The average Bonchev–Trinajstić information content (AvgIpc) is 2.32. The van der Waals surface area contributed by atoms with Gasteiger partial charge < -0.3 is 5.32 Å². The molecule has 100 valence electrons. The molecule has 6 heteroatoms. The van der Waals surface area contributed by atoms with Crippen LogP contribution in [0.15, 0.2) is 23.1 Å². The molecule has 0 aliphatic carbocycles. The molecule has 2 rings (SSSR count). The largest absolute Gasteiger partial charge is 0.312 e. The summed E-state index contributed by atoms with van der Waals surface area (Å²) in [6, 6.07) is 4.24. The van der Waals surface area contributed by atoms with E-state index in [9.17, 15) is 12.8 Å². The summed E-state index contributed by atoms with van der Waals surface area (Å²) in [4.78, 5) is -0.225. The van der Waals surface area contributed by atoms with Crippen LogP contribution in [0.25, 0.3) is 0 Å². The standard InChI is InChI=1S/C12H17FN2O2S/c1-9-3-4-11(13)12(7-9)18(16,17)15-6-5-14-10(2)8-15/h3-4,7,10,14H,5-6,8H2,1-2H3/t10-/m1/s1. The van der Waals surface area contributed by atoms with Crippen molar-refractivity contribution >= 4 is 10.0 Å². The maximum absolute atomic E-state index is 13.7. The number of halogens is 1. The van der Waals surface area contributed by atoms with Crippen LogP contribution >= 0.6 is 0 Å². The third-order valence-corrected chi connectivity index (χ3v) is 4.92. The highest BCUT2D eigenvalue weighted by atomic mass is 32.2. The van der Waals surface area contributed by atoms with Crippen LogP contribution in [0, 0.1) is 12.7 Å². The first-order valence-corrected chi connectivity index (χ1v) is 7.35. The summed E-state index contributed by atoms with van der Waals surface area (Å²) in [6.45, 7) is 5.00. The summed E-state index contributed by atoms with van der Waals surface area (Å²) < 4.78 is 39.8. The van der Waals surface area contributed by atoms with Gasteiger partial charge in [0.2, 0.25) is 10.0 Å². The van der Waals surface area contributed by atoms with Crippen LogP contribution in [0.3, 0.4) is 0 Å². The molecule has 4 nitrogen and oxygen atoms in total. The minimum atomic E-state index is -3.73. The average molecular weight is 272 g/mol. The van der Waals surface area contributed by atoms with Crippen molar-refractivity contribution in [2.24, 2.45) is 0 Å². The first-order chi connectivity index (χ1) is 8.41. The van der Waals surface area contributed by atoms with Crippen LogP contribution in [0.5, 0.6) is 0 Å². The second-order valence-corrected chi connectivity index (χ2v) is 6.56. The Morgan fingerprint density at radius 2 is 2.17 bits per heavy atom. The van der Waals surface area contributed by atoms with Crippen molar-refractivity contribution in [3.8, 4) is 0 Å². The molecule has 0 bridgehead atoms. The van der Waals surface area contributed by atoms with E-state index in [2.05, 4.69) is 5.32 Å². The lowest BCUT2D eigenvalue weighted by Gasteiger charge is -2.31. The lowest BCUT2D eigenvalue weighted by molar-refractivity contribution is 0.309. The minimum absolute atomic E-state index is 0.0846. The van der Waals surface area contributed by atoms with Crippen LogP contribution in [0.4, 0.5) is 4.39 Å². The third-order valence-electron chi connectivity index (χ3n) is 3.04. The normalized spacial score (nSPS) is 22.1. The number of sulfonamides is 1. The second kappa shape index (κ2) is 4.95. The maximum Gasteiger partial charge on any atom is 0.246 e. The highest BCUT2D eigenvalue weighted by Crippen LogP contribution is 2.21. The minimum Gasteiger partial charge on any atom is -0.312 e. The van der Waals surface area contributed by atoms with Crippen LogP contribution in [-0.2, 0) is 10.0 Å².